The minimum absolute atomic E-state index is 0.0894. The van der Waals surface area contributed by atoms with Gasteiger partial charge in [-0.25, -0.2) is 4.98 Å². The van der Waals surface area contributed by atoms with Crippen molar-refractivity contribution in [2.24, 2.45) is 0 Å². The Morgan fingerprint density at radius 1 is 1.27 bits per heavy atom. The normalized spacial score (nSPS) is 18.4. The summed E-state index contributed by atoms with van der Waals surface area (Å²) in [5, 5.41) is 13.5. The van der Waals surface area contributed by atoms with Crippen LogP contribution >= 0.6 is 11.8 Å². The van der Waals surface area contributed by atoms with Gasteiger partial charge in [-0.1, -0.05) is 11.8 Å². The lowest BCUT2D eigenvalue weighted by Crippen LogP contribution is -2.32. The van der Waals surface area contributed by atoms with Crippen molar-refractivity contribution in [3.8, 4) is 17.4 Å². The lowest BCUT2D eigenvalue weighted by atomic mass is 10.00. The summed E-state index contributed by atoms with van der Waals surface area (Å²) in [6, 6.07) is 9.72. The van der Waals surface area contributed by atoms with Gasteiger partial charge in [0.15, 0.2) is 0 Å². The number of allylic oxidation sites excluding steroid dienone is 1. The highest BCUT2D eigenvalue weighted by molar-refractivity contribution is 8.00. The first kappa shape index (κ1) is 21.6. The molecule has 3 aromatic heterocycles. The summed E-state index contributed by atoms with van der Waals surface area (Å²) < 4.78 is 16.7. The van der Waals surface area contributed by atoms with E-state index in [1.807, 2.05) is 30.3 Å². The van der Waals surface area contributed by atoms with Crippen LogP contribution in [0.5, 0.6) is 0 Å². The van der Waals surface area contributed by atoms with Crippen LogP contribution in [0.3, 0.4) is 0 Å². The molecule has 1 atom stereocenters. The zero-order chi connectivity index (χ0) is 22.6. The molecule has 1 amide bonds. The summed E-state index contributed by atoms with van der Waals surface area (Å²) in [5.74, 6) is 1.45. The van der Waals surface area contributed by atoms with Crippen LogP contribution in [0.2, 0.25) is 0 Å². The molecule has 0 radical (unpaired) electrons. The largest absolute Gasteiger partial charge is 0.465 e. The van der Waals surface area contributed by atoms with Gasteiger partial charge >= 0.3 is 0 Å². The molecule has 0 bridgehead atoms. The van der Waals surface area contributed by atoms with E-state index >= 15 is 0 Å². The lowest BCUT2D eigenvalue weighted by Gasteiger charge is -2.14. The van der Waals surface area contributed by atoms with Crippen LogP contribution in [0.25, 0.3) is 23.0 Å². The molecule has 1 fully saturated rings. The molecule has 33 heavy (non-hydrogen) atoms. The molecule has 1 aliphatic carbocycles. The second kappa shape index (κ2) is 9.69. The van der Waals surface area contributed by atoms with Crippen molar-refractivity contribution in [3.63, 3.8) is 0 Å². The number of thioether (sulfide) groups is 1. The first-order valence-electron chi connectivity index (χ1n) is 11.0. The summed E-state index contributed by atoms with van der Waals surface area (Å²) in [5.41, 5.74) is 4.07. The molecular formula is C25H23N3O4S. The molecule has 1 saturated heterocycles. The third-order valence-electron chi connectivity index (χ3n) is 5.84. The number of hydrogen-bond donors (Lipinski definition) is 1. The van der Waals surface area contributed by atoms with Gasteiger partial charge in [-0.3, -0.25) is 4.79 Å². The van der Waals surface area contributed by atoms with E-state index in [2.05, 4.69) is 11.4 Å². The van der Waals surface area contributed by atoms with Gasteiger partial charge in [0, 0.05) is 18.7 Å². The summed E-state index contributed by atoms with van der Waals surface area (Å²) >= 11 is 1.27. The van der Waals surface area contributed by atoms with Gasteiger partial charge in [0.25, 0.3) is 0 Å². The molecule has 2 aliphatic rings. The second-order valence-corrected chi connectivity index (χ2v) is 8.96. The topological polar surface area (TPSA) is 101 Å². The maximum Gasteiger partial charge on any atom is 0.230 e. The monoisotopic (exact) mass is 461 g/mol. The maximum atomic E-state index is 12.5. The number of amides is 1. The standard InChI is InChI=1S/C25H23N3O4S/c26-13-20-23(21-6-3-11-32-21)19-8-7-16(12-17-4-1-9-30-17)24(19)28-25(20)33-15-22(29)27-14-18-5-2-10-31-18/h1,3-4,6,9,11-12,18H,2,5,7-8,10,14-15H2,(H,27,29). The number of carbonyl (C=O) groups is 1. The predicted octanol–water partition coefficient (Wildman–Crippen LogP) is 4.68. The van der Waals surface area contributed by atoms with Crippen LogP contribution in [0, 0.1) is 11.3 Å². The fourth-order valence-corrected chi connectivity index (χ4v) is 5.11. The van der Waals surface area contributed by atoms with Gasteiger partial charge < -0.3 is 18.9 Å². The highest BCUT2D eigenvalue weighted by atomic mass is 32.2. The van der Waals surface area contributed by atoms with E-state index in [9.17, 15) is 10.1 Å². The van der Waals surface area contributed by atoms with Crippen LogP contribution in [0.15, 0.2) is 50.7 Å². The van der Waals surface area contributed by atoms with Crippen LogP contribution < -0.4 is 5.32 Å². The SMILES string of the molecule is N#Cc1c(SCC(=O)NCC2CCCO2)nc2c(c1-c1ccco1)CCC2=Cc1ccco1. The van der Waals surface area contributed by atoms with Gasteiger partial charge in [-0.15, -0.1) is 0 Å². The zero-order valence-corrected chi connectivity index (χ0v) is 18.8. The Morgan fingerprint density at radius 2 is 2.15 bits per heavy atom. The van der Waals surface area contributed by atoms with Gasteiger partial charge in [0.05, 0.1) is 35.6 Å². The second-order valence-electron chi connectivity index (χ2n) is 8.00. The number of nitriles is 1. The summed E-state index contributed by atoms with van der Waals surface area (Å²) in [6.07, 6.45) is 8.86. The Bertz CT molecular complexity index is 1200. The number of aromatic nitrogens is 1. The third-order valence-corrected chi connectivity index (χ3v) is 6.82. The molecule has 8 heteroatoms. The average molecular weight is 462 g/mol. The van der Waals surface area contributed by atoms with Gasteiger partial charge in [0.2, 0.25) is 5.91 Å². The van der Waals surface area contributed by atoms with Crippen LogP contribution in [-0.2, 0) is 16.0 Å². The highest BCUT2D eigenvalue weighted by Crippen LogP contribution is 2.43. The highest BCUT2D eigenvalue weighted by Gasteiger charge is 2.29. The smallest absolute Gasteiger partial charge is 0.230 e. The fourth-order valence-electron chi connectivity index (χ4n) is 4.29. The van der Waals surface area contributed by atoms with Gasteiger partial charge in [0.1, 0.15) is 22.6 Å². The van der Waals surface area contributed by atoms with Crippen LogP contribution in [0.1, 0.15) is 41.8 Å². The van der Waals surface area contributed by atoms with Crippen LogP contribution in [0.4, 0.5) is 0 Å². The number of fused-ring (bicyclic) bond motifs is 1. The Kier molecular flexibility index (Phi) is 6.33. The molecule has 7 nitrogen and oxygen atoms in total. The molecule has 0 saturated carbocycles. The molecule has 0 spiro atoms. The number of nitrogens with one attached hydrogen (secondary N) is 1. The van der Waals surface area contributed by atoms with Crippen molar-refractivity contribution in [2.75, 3.05) is 18.9 Å². The molecule has 0 aromatic carbocycles. The number of furan rings is 2. The maximum absolute atomic E-state index is 12.5. The first-order chi connectivity index (χ1) is 16.2. The number of pyridine rings is 1. The molecule has 1 aliphatic heterocycles. The van der Waals surface area contributed by atoms with E-state index < -0.39 is 0 Å². The predicted molar refractivity (Wildman–Crippen MR) is 124 cm³/mol. The van der Waals surface area contributed by atoms with E-state index in [0.717, 1.165) is 60.4 Å². The van der Waals surface area contributed by atoms with Crippen LogP contribution in [-0.4, -0.2) is 35.9 Å². The molecule has 1 unspecified atom stereocenters. The van der Waals surface area contributed by atoms with Crippen molar-refractivity contribution in [1.29, 1.82) is 5.26 Å². The Hall–Kier alpha value is -3.28. The van der Waals surface area contributed by atoms with Crippen molar-refractivity contribution in [1.82, 2.24) is 10.3 Å². The Labute approximate surface area is 195 Å². The number of carbonyl (C=O) groups excluding carboxylic acids is 1. The van der Waals surface area contributed by atoms with Gasteiger partial charge in [-0.2, -0.15) is 5.26 Å². The minimum atomic E-state index is -0.104. The van der Waals surface area contributed by atoms with Crippen molar-refractivity contribution < 1.29 is 18.4 Å². The average Bonchev–Trinajstić information content (AvgIpc) is 3.64. The quantitative estimate of drug-likeness (QED) is 0.510. The van der Waals surface area contributed by atoms with E-state index in [4.69, 9.17) is 18.6 Å². The van der Waals surface area contributed by atoms with Gasteiger partial charge in [-0.05, 0) is 67.2 Å². The van der Waals surface area contributed by atoms with E-state index in [1.54, 1.807) is 12.5 Å². The lowest BCUT2D eigenvalue weighted by molar-refractivity contribution is -0.119. The van der Waals surface area contributed by atoms with E-state index in [-0.39, 0.29) is 17.8 Å². The summed E-state index contributed by atoms with van der Waals surface area (Å²) in [7, 11) is 0. The van der Waals surface area contributed by atoms with E-state index in [0.29, 0.717) is 22.9 Å². The minimum Gasteiger partial charge on any atom is -0.465 e. The van der Waals surface area contributed by atoms with E-state index in [1.165, 1.54) is 11.8 Å². The number of ether oxygens (including phenoxy) is 1. The third kappa shape index (κ3) is 4.61. The molecular weight excluding hydrogens is 438 g/mol. The summed E-state index contributed by atoms with van der Waals surface area (Å²) in [6.45, 7) is 1.26. The van der Waals surface area contributed by atoms with Crippen molar-refractivity contribution >= 4 is 29.3 Å². The molecule has 5 rings (SSSR count). The Balaban J connectivity index is 1.45. The fraction of sp³-hybridized carbons (Fsp3) is 0.320. The zero-order valence-electron chi connectivity index (χ0n) is 18.0. The molecule has 1 N–H and O–H groups in total. The number of nitrogens with zero attached hydrogens (tertiary/aromatic N) is 2. The Morgan fingerprint density at radius 3 is 2.88 bits per heavy atom. The molecule has 4 heterocycles. The first-order valence-corrected chi connectivity index (χ1v) is 12.0. The molecule has 168 valence electrons. The van der Waals surface area contributed by atoms with Crippen molar-refractivity contribution in [2.45, 2.75) is 36.8 Å². The summed E-state index contributed by atoms with van der Waals surface area (Å²) in [4.78, 5) is 17.3. The van der Waals surface area contributed by atoms with Crippen molar-refractivity contribution in [3.05, 3.63) is 59.4 Å². The number of hydrogen-bond acceptors (Lipinski definition) is 7. The number of rotatable bonds is 7. The molecule has 3 aromatic rings.